The van der Waals surface area contributed by atoms with Gasteiger partial charge in [-0.2, -0.15) is 13.2 Å². The number of carbonyl (C=O) groups excluding carboxylic acids is 3. The number of nitrogens with one attached hydrogen (secondary N) is 2. The van der Waals surface area contributed by atoms with Gasteiger partial charge in [-0.25, -0.2) is 9.59 Å². The molecule has 7 rings (SSSR count). The van der Waals surface area contributed by atoms with Gasteiger partial charge < -0.3 is 29.5 Å². The quantitative estimate of drug-likeness (QED) is 0.386. The largest absolute Gasteiger partial charge is 0.438 e. The number of alkyl halides is 3. The Labute approximate surface area is 300 Å². The highest BCUT2D eigenvalue weighted by molar-refractivity contribution is 6.33. The van der Waals surface area contributed by atoms with Crippen LogP contribution in [0.25, 0.3) is 0 Å². The third-order valence-corrected chi connectivity index (χ3v) is 11.9. The van der Waals surface area contributed by atoms with E-state index in [2.05, 4.69) is 27.5 Å². The second-order valence-electron chi connectivity index (χ2n) is 14.4. The third kappa shape index (κ3) is 7.06. The number of nitrogens with zero attached hydrogens (tertiary/aromatic N) is 4. The molecule has 2 aromatic rings. The minimum Gasteiger partial charge on any atom is -0.438 e. The van der Waals surface area contributed by atoms with Gasteiger partial charge in [0.25, 0.3) is 5.91 Å². The molecule has 2 N–H and O–H groups in total. The number of likely N-dealkylation sites (tertiary alicyclic amines) is 1. The molecule has 11 nitrogen and oxygen atoms in total. The number of ether oxygens (including phenoxy) is 2. The van der Waals surface area contributed by atoms with Crippen LogP contribution in [0.5, 0.6) is 0 Å². The van der Waals surface area contributed by atoms with Gasteiger partial charge in [0.05, 0.1) is 22.0 Å². The van der Waals surface area contributed by atoms with Gasteiger partial charge in [0.2, 0.25) is 0 Å². The van der Waals surface area contributed by atoms with Crippen molar-refractivity contribution in [2.24, 2.45) is 0 Å². The van der Waals surface area contributed by atoms with Gasteiger partial charge in [0.15, 0.2) is 6.10 Å². The Morgan fingerprint density at radius 2 is 1.69 bits per heavy atom. The van der Waals surface area contributed by atoms with Crippen LogP contribution in [-0.4, -0.2) is 115 Å². The molecule has 0 aromatic heterocycles. The second-order valence-corrected chi connectivity index (χ2v) is 14.8. The number of piperazine rings is 1. The standard InChI is InChI=1S/C36H44ClF3N6O5/c1-41-31-27(36(38,39)40)17-22(18-28(31)37)19-30(32(47)45-15-13-44(14-16-45)25-20-23-7-8-24(21-25)43(23)2)50-34(49)46-11-9-35(10-12-46)26-5-3-4-6-29(26)42-33(48)51-35/h3-6,17-18,23-25,30,41H,7-16,19-21H2,1-2H3,(H,42,48)/t23?,24?,25?,30-/m1/s1. The zero-order valence-corrected chi connectivity index (χ0v) is 29.6. The molecule has 4 saturated heterocycles. The summed E-state index contributed by atoms with van der Waals surface area (Å²) >= 11 is 6.30. The lowest BCUT2D eigenvalue weighted by Crippen LogP contribution is -2.57. The van der Waals surface area contributed by atoms with Crippen molar-refractivity contribution in [2.45, 2.75) is 81.0 Å². The van der Waals surface area contributed by atoms with Crippen LogP contribution in [0.2, 0.25) is 5.02 Å². The van der Waals surface area contributed by atoms with Crippen molar-refractivity contribution < 1.29 is 37.0 Å². The van der Waals surface area contributed by atoms with E-state index in [1.54, 1.807) is 11.0 Å². The number of fused-ring (bicyclic) bond motifs is 4. The summed E-state index contributed by atoms with van der Waals surface area (Å²) in [5, 5.41) is 5.08. The molecule has 0 saturated carbocycles. The molecule has 2 unspecified atom stereocenters. The van der Waals surface area contributed by atoms with Crippen molar-refractivity contribution in [3.8, 4) is 0 Å². The van der Waals surface area contributed by atoms with E-state index in [-0.39, 0.29) is 35.8 Å². The first-order valence-corrected chi connectivity index (χ1v) is 18.1. The summed E-state index contributed by atoms with van der Waals surface area (Å²) in [7, 11) is 3.56. The summed E-state index contributed by atoms with van der Waals surface area (Å²) < 4.78 is 53.9. The predicted molar refractivity (Wildman–Crippen MR) is 185 cm³/mol. The highest BCUT2D eigenvalue weighted by atomic mass is 35.5. The van der Waals surface area contributed by atoms with Gasteiger partial charge in [0, 0.05) is 89.3 Å². The molecule has 3 atom stereocenters. The highest BCUT2D eigenvalue weighted by Gasteiger charge is 2.46. The van der Waals surface area contributed by atoms with Crippen molar-refractivity contribution in [2.75, 3.05) is 64.0 Å². The fourth-order valence-corrected chi connectivity index (χ4v) is 9.16. The zero-order valence-electron chi connectivity index (χ0n) is 28.8. The molecule has 5 aliphatic rings. The summed E-state index contributed by atoms with van der Waals surface area (Å²) in [5.74, 6) is -0.455. The first-order chi connectivity index (χ1) is 24.3. The van der Waals surface area contributed by atoms with Crippen LogP contribution >= 0.6 is 11.6 Å². The monoisotopic (exact) mass is 732 g/mol. The number of amides is 3. The van der Waals surface area contributed by atoms with Gasteiger partial charge in [-0.15, -0.1) is 0 Å². The average molecular weight is 733 g/mol. The number of benzene rings is 2. The number of hydrogen-bond donors (Lipinski definition) is 2. The number of carbonyl (C=O) groups is 3. The third-order valence-electron chi connectivity index (χ3n) is 11.6. The maximum absolute atomic E-state index is 14.1. The van der Waals surface area contributed by atoms with E-state index < -0.39 is 41.5 Å². The average Bonchev–Trinajstić information content (AvgIpc) is 3.29. The lowest BCUT2D eigenvalue weighted by Gasteiger charge is -2.45. The van der Waals surface area contributed by atoms with Crippen LogP contribution in [0.15, 0.2) is 36.4 Å². The molecule has 4 fully saturated rings. The van der Waals surface area contributed by atoms with Crippen molar-refractivity contribution in [3.63, 3.8) is 0 Å². The van der Waals surface area contributed by atoms with E-state index in [0.717, 1.165) is 24.5 Å². The molecule has 0 aliphatic carbocycles. The van der Waals surface area contributed by atoms with E-state index in [4.69, 9.17) is 21.1 Å². The Morgan fingerprint density at radius 3 is 2.33 bits per heavy atom. The van der Waals surface area contributed by atoms with Gasteiger partial charge in [0.1, 0.15) is 5.60 Å². The Balaban J connectivity index is 1.07. The van der Waals surface area contributed by atoms with Crippen LogP contribution in [0.1, 0.15) is 55.2 Å². The Kier molecular flexibility index (Phi) is 9.78. The van der Waals surface area contributed by atoms with Gasteiger partial charge >= 0.3 is 18.4 Å². The smallest absolute Gasteiger partial charge is 0.418 e. The van der Waals surface area contributed by atoms with Crippen LogP contribution in [0.4, 0.5) is 34.1 Å². The molecule has 276 valence electrons. The Morgan fingerprint density at radius 1 is 1.02 bits per heavy atom. The molecule has 5 heterocycles. The molecular formula is C36H44ClF3N6O5. The van der Waals surface area contributed by atoms with E-state index in [9.17, 15) is 27.6 Å². The zero-order chi connectivity index (χ0) is 36.1. The molecule has 5 aliphatic heterocycles. The van der Waals surface area contributed by atoms with Gasteiger partial charge in [-0.1, -0.05) is 29.8 Å². The normalized spacial score (nSPS) is 25.5. The van der Waals surface area contributed by atoms with Gasteiger partial charge in [-0.3, -0.25) is 15.0 Å². The number of para-hydroxylation sites is 1. The topological polar surface area (TPSA) is 107 Å². The summed E-state index contributed by atoms with van der Waals surface area (Å²) in [6.07, 6.45) is -2.46. The molecular weight excluding hydrogens is 689 g/mol. The lowest BCUT2D eigenvalue weighted by atomic mass is 9.82. The number of piperidine rings is 2. The molecule has 1 spiro atoms. The first-order valence-electron chi connectivity index (χ1n) is 17.7. The highest BCUT2D eigenvalue weighted by Crippen LogP contribution is 2.44. The van der Waals surface area contributed by atoms with Crippen LogP contribution in [0.3, 0.4) is 0 Å². The lowest BCUT2D eigenvalue weighted by molar-refractivity contribution is -0.143. The van der Waals surface area contributed by atoms with Crippen LogP contribution in [-0.2, 0) is 32.5 Å². The fourth-order valence-electron chi connectivity index (χ4n) is 8.82. The predicted octanol–water partition coefficient (Wildman–Crippen LogP) is 5.77. The van der Waals surface area contributed by atoms with Crippen LogP contribution < -0.4 is 10.6 Å². The fraction of sp³-hybridized carbons (Fsp3) is 0.583. The van der Waals surface area contributed by atoms with Crippen LogP contribution in [0, 0.1) is 0 Å². The molecule has 2 aromatic carbocycles. The van der Waals surface area contributed by atoms with Crippen molar-refractivity contribution in [3.05, 3.63) is 58.1 Å². The molecule has 0 radical (unpaired) electrons. The minimum absolute atomic E-state index is 0.119. The number of anilines is 2. The van der Waals surface area contributed by atoms with E-state index >= 15 is 0 Å². The molecule has 3 amide bonds. The second kappa shape index (κ2) is 14.0. The minimum atomic E-state index is -4.71. The number of halogens is 4. The molecule has 51 heavy (non-hydrogen) atoms. The van der Waals surface area contributed by atoms with Gasteiger partial charge in [-0.05, 0) is 56.5 Å². The Bertz CT molecular complexity index is 1650. The van der Waals surface area contributed by atoms with Crippen molar-refractivity contribution >= 4 is 41.1 Å². The van der Waals surface area contributed by atoms with Crippen molar-refractivity contribution in [1.29, 1.82) is 0 Å². The van der Waals surface area contributed by atoms with E-state index in [1.165, 1.54) is 30.9 Å². The number of rotatable bonds is 6. The van der Waals surface area contributed by atoms with E-state index in [1.807, 2.05) is 18.2 Å². The molecule has 2 bridgehead atoms. The maximum Gasteiger partial charge on any atom is 0.418 e. The van der Waals surface area contributed by atoms with Crippen molar-refractivity contribution in [1.82, 2.24) is 19.6 Å². The summed E-state index contributed by atoms with van der Waals surface area (Å²) in [6.45, 7) is 2.55. The van der Waals surface area contributed by atoms with E-state index in [0.29, 0.717) is 62.8 Å². The Hall–Kier alpha value is -3.75. The number of hydrogen-bond acceptors (Lipinski definition) is 8. The first kappa shape index (κ1) is 35.6. The molecule has 15 heteroatoms. The summed E-state index contributed by atoms with van der Waals surface area (Å²) in [6, 6.07) is 11.3. The summed E-state index contributed by atoms with van der Waals surface area (Å²) in [4.78, 5) is 48.3. The summed E-state index contributed by atoms with van der Waals surface area (Å²) in [5.41, 5.74) is -0.566. The maximum atomic E-state index is 14.1. The SMILES string of the molecule is CNc1c(Cl)cc(C[C@@H](OC(=O)N2CCC3(CC2)OC(=O)Nc2ccccc23)C(=O)N2CCN(C3CC4CCC(C3)N4C)CC2)cc1C(F)(F)F.